The fourth-order valence-electron chi connectivity index (χ4n) is 4.47. The van der Waals surface area contributed by atoms with Crippen molar-refractivity contribution < 1.29 is 9.21 Å². The molecule has 0 bridgehead atoms. The van der Waals surface area contributed by atoms with Gasteiger partial charge < -0.3 is 20.0 Å². The number of nitrogens with zero attached hydrogens (tertiary/aromatic N) is 2. The van der Waals surface area contributed by atoms with Gasteiger partial charge in [0.1, 0.15) is 5.76 Å². The molecule has 3 atom stereocenters. The molecule has 0 saturated carbocycles. The van der Waals surface area contributed by atoms with E-state index in [1.54, 1.807) is 6.26 Å². The molecular formula is C22H31Cl2N3O2. The summed E-state index contributed by atoms with van der Waals surface area (Å²) in [5, 5.41) is 0. The molecule has 0 radical (unpaired) electrons. The Morgan fingerprint density at radius 1 is 1.28 bits per heavy atom. The number of rotatable bonds is 4. The summed E-state index contributed by atoms with van der Waals surface area (Å²) in [6.45, 7) is 6.42. The van der Waals surface area contributed by atoms with Gasteiger partial charge in [-0.1, -0.05) is 18.2 Å². The molecule has 160 valence electrons. The highest BCUT2D eigenvalue weighted by Crippen LogP contribution is 2.34. The molecule has 1 saturated heterocycles. The standard InChI is InChI=1S/C22H29N3O2.2ClH/c1-15-12-17-6-3-4-8-20(17)25(15)14-21-19(9-11-27-21)22(26)24-10-5-7-18(13-24)16(2)23;;/h3-4,6,8-9,11,15-16,18H,5,7,10,12-14,23H2,1-2H3;2*1H. The summed E-state index contributed by atoms with van der Waals surface area (Å²) < 4.78 is 5.76. The van der Waals surface area contributed by atoms with E-state index in [0.29, 0.717) is 24.1 Å². The van der Waals surface area contributed by atoms with E-state index >= 15 is 0 Å². The van der Waals surface area contributed by atoms with Gasteiger partial charge in [0.25, 0.3) is 5.91 Å². The molecule has 0 spiro atoms. The van der Waals surface area contributed by atoms with Crippen LogP contribution in [0.3, 0.4) is 0 Å². The predicted octanol–water partition coefficient (Wildman–Crippen LogP) is 4.27. The van der Waals surface area contributed by atoms with E-state index in [4.69, 9.17) is 10.2 Å². The van der Waals surface area contributed by atoms with Gasteiger partial charge in [0, 0.05) is 30.9 Å². The minimum absolute atomic E-state index is 0. The minimum Gasteiger partial charge on any atom is -0.467 e. The van der Waals surface area contributed by atoms with Crippen molar-refractivity contribution in [1.29, 1.82) is 0 Å². The van der Waals surface area contributed by atoms with Crippen LogP contribution in [0.25, 0.3) is 0 Å². The van der Waals surface area contributed by atoms with Crippen LogP contribution < -0.4 is 10.6 Å². The van der Waals surface area contributed by atoms with E-state index in [2.05, 4.69) is 36.1 Å². The average Bonchev–Trinajstić information content (AvgIpc) is 3.26. The number of anilines is 1. The number of fused-ring (bicyclic) bond motifs is 1. The molecule has 1 aromatic heterocycles. The topological polar surface area (TPSA) is 62.7 Å². The SMILES string of the molecule is CC(N)C1CCCN(C(=O)c2ccoc2CN2c3ccccc3CC2C)C1.Cl.Cl. The van der Waals surface area contributed by atoms with E-state index in [1.165, 1.54) is 11.3 Å². The lowest BCUT2D eigenvalue weighted by Gasteiger charge is -2.34. The first-order valence-corrected chi connectivity index (χ1v) is 10.0. The Bertz CT molecular complexity index is 824. The number of amides is 1. The maximum atomic E-state index is 13.2. The third kappa shape index (κ3) is 4.73. The van der Waals surface area contributed by atoms with Gasteiger partial charge in [0.2, 0.25) is 0 Å². The van der Waals surface area contributed by atoms with Crippen LogP contribution in [0.15, 0.2) is 41.0 Å². The Labute approximate surface area is 185 Å². The minimum atomic E-state index is 0. The summed E-state index contributed by atoms with van der Waals surface area (Å²) in [5.74, 6) is 1.21. The third-order valence-corrected chi connectivity index (χ3v) is 6.13. The fraction of sp³-hybridized carbons (Fsp3) is 0.500. The normalized spacial score (nSPS) is 21.8. The average molecular weight is 440 g/mol. The second-order valence-electron chi connectivity index (χ2n) is 8.08. The number of hydrogen-bond acceptors (Lipinski definition) is 4. The summed E-state index contributed by atoms with van der Waals surface area (Å²) in [6, 6.07) is 10.8. The number of benzene rings is 1. The van der Waals surface area contributed by atoms with E-state index in [9.17, 15) is 4.79 Å². The number of carbonyl (C=O) groups excluding carboxylic acids is 1. The molecule has 1 fully saturated rings. The molecule has 3 unspecified atom stereocenters. The predicted molar refractivity (Wildman–Crippen MR) is 121 cm³/mol. The van der Waals surface area contributed by atoms with E-state index in [1.807, 2.05) is 17.9 Å². The first-order chi connectivity index (χ1) is 13.0. The summed E-state index contributed by atoms with van der Waals surface area (Å²) in [4.78, 5) is 17.4. The summed E-state index contributed by atoms with van der Waals surface area (Å²) in [5.41, 5.74) is 9.38. The van der Waals surface area contributed by atoms with Crippen LogP contribution in [0.1, 0.15) is 48.4 Å². The zero-order chi connectivity index (χ0) is 19.0. The van der Waals surface area contributed by atoms with Gasteiger partial charge in [0.15, 0.2) is 0 Å². The van der Waals surface area contributed by atoms with Gasteiger partial charge in [0.05, 0.1) is 18.4 Å². The van der Waals surface area contributed by atoms with Crippen molar-refractivity contribution in [3.05, 3.63) is 53.5 Å². The maximum Gasteiger partial charge on any atom is 0.257 e. The molecule has 7 heteroatoms. The van der Waals surface area contributed by atoms with Crippen molar-refractivity contribution in [2.45, 2.75) is 51.7 Å². The second-order valence-corrected chi connectivity index (χ2v) is 8.08. The molecule has 1 aromatic carbocycles. The third-order valence-electron chi connectivity index (χ3n) is 6.13. The number of para-hydroxylation sites is 1. The molecule has 1 amide bonds. The van der Waals surface area contributed by atoms with Gasteiger partial charge in [-0.05, 0) is 56.7 Å². The van der Waals surface area contributed by atoms with Crippen molar-refractivity contribution in [1.82, 2.24) is 4.90 Å². The van der Waals surface area contributed by atoms with Gasteiger partial charge in [-0.25, -0.2) is 0 Å². The van der Waals surface area contributed by atoms with Crippen LogP contribution in [0.4, 0.5) is 5.69 Å². The Morgan fingerprint density at radius 2 is 2.03 bits per heavy atom. The smallest absolute Gasteiger partial charge is 0.257 e. The number of likely N-dealkylation sites (tertiary alicyclic amines) is 1. The number of nitrogens with two attached hydrogens (primary N) is 1. The lowest BCUT2D eigenvalue weighted by Crippen LogP contribution is -2.45. The number of furan rings is 1. The molecule has 2 N–H and O–H groups in total. The summed E-state index contributed by atoms with van der Waals surface area (Å²) >= 11 is 0. The Kier molecular flexibility index (Phi) is 8.03. The van der Waals surface area contributed by atoms with Crippen LogP contribution in [0, 0.1) is 5.92 Å². The van der Waals surface area contributed by atoms with Gasteiger partial charge in [-0.3, -0.25) is 4.79 Å². The Morgan fingerprint density at radius 3 is 2.79 bits per heavy atom. The van der Waals surface area contributed by atoms with E-state index in [-0.39, 0.29) is 36.8 Å². The molecule has 4 rings (SSSR count). The van der Waals surface area contributed by atoms with Crippen molar-refractivity contribution >= 4 is 36.4 Å². The quantitative estimate of drug-likeness (QED) is 0.771. The number of piperidine rings is 1. The lowest BCUT2D eigenvalue weighted by molar-refractivity contribution is 0.0658. The van der Waals surface area contributed by atoms with Gasteiger partial charge in [-0.2, -0.15) is 0 Å². The summed E-state index contributed by atoms with van der Waals surface area (Å²) in [7, 11) is 0. The first-order valence-electron chi connectivity index (χ1n) is 10.0. The molecule has 2 aliphatic heterocycles. The molecule has 5 nitrogen and oxygen atoms in total. The number of hydrogen-bond donors (Lipinski definition) is 1. The molecular weight excluding hydrogens is 409 g/mol. The largest absolute Gasteiger partial charge is 0.467 e. The van der Waals surface area contributed by atoms with E-state index in [0.717, 1.165) is 38.1 Å². The first kappa shape index (κ1) is 23.6. The van der Waals surface area contributed by atoms with Crippen LogP contribution in [0.2, 0.25) is 0 Å². The summed E-state index contributed by atoms with van der Waals surface area (Å²) in [6.07, 6.45) is 4.79. The van der Waals surface area contributed by atoms with Crippen molar-refractivity contribution in [3.8, 4) is 0 Å². The fourth-order valence-corrected chi connectivity index (χ4v) is 4.47. The highest BCUT2D eigenvalue weighted by atomic mass is 35.5. The molecule has 29 heavy (non-hydrogen) atoms. The Balaban J connectivity index is 0.00000150. The Hall–Kier alpha value is -1.69. The van der Waals surface area contributed by atoms with E-state index < -0.39 is 0 Å². The maximum absolute atomic E-state index is 13.2. The zero-order valence-corrected chi connectivity index (χ0v) is 18.7. The second kappa shape index (κ2) is 9.88. The van der Waals surface area contributed by atoms with Crippen molar-refractivity contribution in [3.63, 3.8) is 0 Å². The monoisotopic (exact) mass is 439 g/mol. The zero-order valence-electron chi connectivity index (χ0n) is 17.0. The van der Waals surface area contributed by atoms with Crippen LogP contribution in [-0.4, -0.2) is 36.0 Å². The molecule has 2 aliphatic rings. The highest BCUT2D eigenvalue weighted by Gasteiger charge is 2.31. The molecule has 0 aliphatic carbocycles. The van der Waals surface area contributed by atoms with Crippen molar-refractivity contribution in [2.75, 3.05) is 18.0 Å². The van der Waals surface area contributed by atoms with Crippen LogP contribution in [-0.2, 0) is 13.0 Å². The van der Waals surface area contributed by atoms with Gasteiger partial charge >= 0.3 is 0 Å². The van der Waals surface area contributed by atoms with Gasteiger partial charge in [-0.15, -0.1) is 24.8 Å². The highest BCUT2D eigenvalue weighted by molar-refractivity contribution is 5.95. The van der Waals surface area contributed by atoms with Crippen molar-refractivity contribution in [2.24, 2.45) is 11.7 Å². The number of halogens is 2. The lowest BCUT2D eigenvalue weighted by atomic mass is 9.92. The number of carbonyl (C=O) groups is 1. The van der Waals surface area contributed by atoms with Crippen LogP contribution in [0.5, 0.6) is 0 Å². The van der Waals surface area contributed by atoms with Crippen LogP contribution >= 0.6 is 24.8 Å². The molecule has 3 heterocycles. The molecule has 2 aromatic rings.